The summed E-state index contributed by atoms with van der Waals surface area (Å²) in [5.41, 5.74) is 0. The molecular weight excluding hydrogens is 227 g/mol. The minimum Gasteiger partial charge on any atom is -0.440 e. The average Bonchev–Trinajstić information content (AvgIpc) is 2.53. The molecule has 2 rings (SSSR count). The van der Waals surface area contributed by atoms with Gasteiger partial charge in [0, 0.05) is 0 Å². The highest BCUT2D eigenvalue weighted by Gasteiger charge is 2.37. The van der Waals surface area contributed by atoms with Crippen molar-refractivity contribution in [1.82, 2.24) is 4.90 Å². The predicted molar refractivity (Wildman–Crippen MR) is 46.9 cm³/mol. The lowest BCUT2D eigenvalue weighted by Gasteiger charge is -2.31. The minimum absolute atomic E-state index is 0.0443. The lowest BCUT2D eigenvalue weighted by molar-refractivity contribution is -0.163. The fourth-order valence-electron chi connectivity index (χ4n) is 2.00. The van der Waals surface area contributed by atoms with Gasteiger partial charge in [-0.15, -0.1) is 0 Å². The number of morpholine rings is 1. The van der Waals surface area contributed by atoms with E-state index in [2.05, 4.69) is 4.74 Å². The average molecular weight is 239 g/mol. The number of likely N-dealkylation sites (tertiary alicyclic amines) is 1. The Morgan fingerprint density at radius 2 is 1.88 bits per heavy atom. The maximum Gasteiger partial charge on any atom is 0.422 e. The summed E-state index contributed by atoms with van der Waals surface area (Å²) in [6, 6.07) is 0. The Labute approximate surface area is 90.3 Å². The van der Waals surface area contributed by atoms with Crippen molar-refractivity contribution < 1.29 is 27.4 Å². The molecule has 0 radical (unpaired) electrons. The number of hydrogen-bond acceptors (Lipinski definition) is 3. The van der Waals surface area contributed by atoms with Crippen LogP contribution in [0.25, 0.3) is 0 Å². The topological polar surface area (TPSA) is 38.8 Å². The number of rotatable bonds is 1. The maximum atomic E-state index is 11.8. The van der Waals surface area contributed by atoms with Gasteiger partial charge in [0.2, 0.25) is 0 Å². The zero-order chi connectivity index (χ0) is 11.8. The Morgan fingerprint density at radius 1 is 1.31 bits per heavy atom. The Hall–Kier alpha value is -0.980. The molecule has 92 valence electrons. The molecule has 1 amide bonds. The van der Waals surface area contributed by atoms with Gasteiger partial charge in [0.1, 0.15) is 0 Å². The molecular formula is C9H12F3NO3. The highest BCUT2D eigenvalue weighted by Crippen LogP contribution is 2.26. The monoisotopic (exact) mass is 239 g/mol. The van der Waals surface area contributed by atoms with Crippen LogP contribution in [0.2, 0.25) is 0 Å². The number of ether oxygens (including phenoxy) is 2. The van der Waals surface area contributed by atoms with Gasteiger partial charge in [-0.25, -0.2) is 4.79 Å². The third-order valence-corrected chi connectivity index (χ3v) is 2.66. The van der Waals surface area contributed by atoms with Gasteiger partial charge >= 0.3 is 12.3 Å². The van der Waals surface area contributed by atoms with Crippen molar-refractivity contribution in [2.24, 2.45) is 0 Å². The van der Waals surface area contributed by atoms with Crippen LogP contribution in [0.15, 0.2) is 0 Å². The molecule has 2 fully saturated rings. The van der Waals surface area contributed by atoms with Gasteiger partial charge in [-0.3, -0.25) is 0 Å². The first-order chi connectivity index (χ1) is 7.44. The number of carbonyl (C=O) groups excluding carboxylic acids is 1. The molecule has 2 atom stereocenters. The second kappa shape index (κ2) is 4.12. The molecule has 2 saturated heterocycles. The summed E-state index contributed by atoms with van der Waals surface area (Å²) in [4.78, 5) is 12.6. The summed E-state index contributed by atoms with van der Waals surface area (Å²) in [7, 11) is 0. The van der Waals surface area contributed by atoms with Crippen molar-refractivity contribution in [1.29, 1.82) is 0 Å². The van der Waals surface area contributed by atoms with Crippen LogP contribution in [0.5, 0.6) is 0 Å². The molecule has 0 aromatic heterocycles. The van der Waals surface area contributed by atoms with E-state index in [1.807, 2.05) is 0 Å². The van der Waals surface area contributed by atoms with Crippen LogP contribution in [-0.2, 0) is 9.47 Å². The first kappa shape index (κ1) is 11.5. The second-order valence-electron chi connectivity index (χ2n) is 4.03. The standard InChI is InChI=1S/C9H12F3NO3/c10-9(11,12)5-15-8(14)13-3-6-1-2-7(4-13)16-6/h6-7H,1-5H2. The van der Waals surface area contributed by atoms with E-state index in [0.717, 1.165) is 12.8 Å². The Kier molecular flexibility index (Phi) is 2.96. The Bertz CT molecular complexity index is 270. The highest BCUT2D eigenvalue weighted by molar-refractivity contribution is 5.67. The molecule has 0 aliphatic carbocycles. The van der Waals surface area contributed by atoms with Crippen LogP contribution in [0.4, 0.5) is 18.0 Å². The van der Waals surface area contributed by atoms with Gasteiger partial charge in [-0.05, 0) is 12.8 Å². The number of nitrogens with zero attached hydrogens (tertiary/aromatic N) is 1. The summed E-state index contributed by atoms with van der Waals surface area (Å²) >= 11 is 0. The van der Waals surface area contributed by atoms with E-state index in [1.165, 1.54) is 4.90 Å². The molecule has 0 N–H and O–H groups in total. The van der Waals surface area contributed by atoms with Crippen LogP contribution in [0.1, 0.15) is 12.8 Å². The van der Waals surface area contributed by atoms with Gasteiger partial charge in [0.15, 0.2) is 6.61 Å². The van der Waals surface area contributed by atoms with Crippen molar-refractivity contribution in [2.75, 3.05) is 19.7 Å². The lowest BCUT2D eigenvalue weighted by Crippen LogP contribution is -2.46. The zero-order valence-electron chi connectivity index (χ0n) is 8.50. The van der Waals surface area contributed by atoms with Crippen LogP contribution < -0.4 is 0 Å². The fraction of sp³-hybridized carbons (Fsp3) is 0.889. The summed E-state index contributed by atoms with van der Waals surface area (Å²) in [5.74, 6) is 0. The third-order valence-electron chi connectivity index (χ3n) is 2.66. The Morgan fingerprint density at radius 3 is 2.38 bits per heavy atom. The smallest absolute Gasteiger partial charge is 0.422 e. The minimum atomic E-state index is -4.47. The lowest BCUT2D eigenvalue weighted by atomic mass is 10.2. The van der Waals surface area contributed by atoms with Crippen LogP contribution in [-0.4, -0.2) is 49.1 Å². The second-order valence-corrected chi connectivity index (χ2v) is 4.03. The van der Waals surface area contributed by atoms with Crippen LogP contribution >= 0.6 is 0 Å². The number of halogens is 3. The highest BCUT2D eigenvalue weighted by atomic mass is 19.4. The van der Waals surface area contributed by atoms with Gasteiger partial charge in [0.25, 0.3) is 0 Å². The first-order valence-electron chi connectivity index (χ1n) is 5.08. The molecule has 4 nitrogen and oxygen atoms in total. The van der Waals surface area contributed by atoms with Gasteiger partial charge in [-0.1, -0.05) is 0 Å². The van der Waals surface area contributed by atoms with Crippen molar-refractivity contribution in [3.63, 3.8) is 0 Å². The van der Waals surface area contributed by atoms with E-state index >= 15 is 0 Å². The number of carbonyl (C=O) groups is 1. The number of fused-ring (bicyclic) bond motifs is 2. The number of alkyl halides is 3. The summed E-state index contributed by atoms with van der Waals surface area (Å²) in [5, 5.41) is 0. The molecule has 0 spiro atoms. The summed E-state index contributed by atoms with van der Waals surface area (Å²) < 4.78 is 45.1. The van der Waals surface area contributed by atoms with E-state index in [0.29, 0.717) is 13.1 Å². The normalized spacial score (nSPS) is 29.3. The molecule has 0 aromatic rings. The molecule has 2 aliphatic rings. The van der Waals surface area contributed by atoms with E-state index in [9.17, 15) is 18.0 Å². The van der Waals surface area contributed by atoms with E-state index < -0.39 is 18.9 Å². The largest absolute Gasteiger partial charge is 0.440 e. The van der Waals surface area contributed by atoms with Crippen LogP contribution in [0.3, 0.4) is 0 Å². The molecule has 16 heavy (non-hydrogen) atoms. The van der Waals surface area contributed by atoms with Crippen LogP contribution in [0, 0.1) is 0 Å². The molecule has 2 aliphatic heterocycles. The molecule has 2 heterocycles. The van der Waals surface area contributed by atoms with E-state index in [4.69, 9.17) is 4.74 Å². The van der Waals surface area contributed by atoms with Crippen molar-refractivity contribution in [3.05, 3.63) is 0 Å². The molecule has 2 bridgehead atoms. The SMILES string of the molecule is O=C(OCC(F)(F)F)N1CC2CCC(C1)O2. The molecule has 0 aromatic carbocycles. The van der Waals surface area contributed by atoms with Crippen molar-refractivity contribution >= 4 is 6.09 Å². The quantitative estimate of drug-likeness (QED) is 0.696. The fourth-order valence-corrected chi connectivity index (χ4v) is 2.00. The number of amides is 1. The van der Waals surface area contributed by atoms with Crippen molar-refractivity contribution in [3.8, 4) is 0 Å². The van der Waals surface area contributed by atoms with Gasteiger partial charge in [0.05, 0.1) is 25.3 Å². The summed E-state index contributed by atoms with van der Waals surface area (Å²) in [6.07, 6.45) is -3.76. The Balaban J connectivity index is 1.81. The summed E-state index contributed by atoms with van der Waals surface area (Å²) in [6.45, 7) is -0.876. The molecule has 0 saturated carbocycles. The third kappa shape index (κ3) is 2.78. The predicted octanol–water partition coefficient (Wildman–Crippen LogP) is 1.55. The van der Waals surface area contributed by atoms with Gasteiger partial charge < -0.3 is 14.4 Å². The number of hydrogen-bond donors (Lipinski definition) is 0. The zero-order valence-corrected chi connectivity index (χ0v) is 8.50. The molecule has 7 heteroatoms. The van der Waals surface area contributed by atoms with E-state index in [1.54, 1.807) is 0 Å². The molecule has 2 unspecified atom stereocenters. The maximum absolute atomic E-state index is 11.8. The van der Waals surface area contributed by atoms with E-state index in [-0.39, 0.29) is 12.2 Å². The van der Waals surface area contributed by atoms with Gasteiger partial charge in [-0.2, -0.15) is 13.2 Å². The first-order valence-corrected chi connectivity index (χ1v) is 5.08. The van der Waals surface area contributed by atoms with Crippen molar-refractivity contribution in [2.45, 2.75) is 31.2 Å².